The summed E-state index contributed by atoms with van der Waals surface area (Å²) in [5.74, 6) is -0.935. The zero-order valence-electron chi connectivity index (χ0n) is 20.2. The monoisotopic (exact) mass is 448 g/mol. The first kappa shape index (κ1) is 28.2. The van der Waals surface area contributed by atoms with Crippen LogP contribution in [0.15, 0.2) is 30.3 Å². The standard InChI is InChI=1S/C27H44O5/c1-3-25(31-22-24-16-10-9-11-17-24)18-12-5-4-6-13-19-26(32-23(2)28)20-14-7-8-15-21-27(29)30/h9-11,16-17,25-26H,3-8,12-15,18-22H2,1-2H3,(H,29,30). The molecule has 182 valence electrons. The molecule has 0 amide bonds. The fourth-order valence-electron chi connectivity index (χ4n) is 3.97. The van der Waals surface area contributed by atoms with Gasteiger partial charge in [-0.2, -0.15) is 0 Å². The van der Waals surface area contributed by atoms with Crippen LogP contribution in [0.2, 0.25) is 0 Å². The zero-order valence-corrected chi connectivity index (χ0v) is 20.2. The molecule has 1 N–H and O–H groups in total. The minimum absolute atomic E-state index is 0.00262. The van der Waals surface area contributed by atoms with Crippen molar-refractivity contribution in [1.29, 1.82) is 0 Å². The summed E-state index contributed by atoms with van der Waals surface area (Å²) in [5, 5.41) is 8.67. The number of hydrogen-bond donors (Lipinski definition) is 1. The summed E-state index contributed by atoms with van der Waals surface area (Å²) < 4.78 is 11.6. The topological polar surface area (TPSA) is 72.8 Å². The van der Waals surface area contributed by atoms with E-state index in [1.807, 2.05) is 18.2 Å². The molecule has 0 spiro atoms. The lowest BCUT2D eigenvalue weighted by Crippen LogP contribution is -2.16. The third-order valence-corrected chi connectivity index (χ3v) is 5.84. The van der Waals surface area contributed by atoms with E-state index in [1.165, 1.54) is 31.7 Å². The van der Waals surface area contributed by atoms with Gasteiger partial charge in [0, 0.05) is 13.3 Å². The summed E-state index contributed by atoms with van der Waals surface area (Å²) in [6, 6.07) is 10.3. The van der Waals surface area contributed by atoms with Gasteiger partial charge in [0.2, 0.25) is 0 Å². The van der Waals surface area contributed by atoms with E-state index >= 15 is 0 Å². The summed E-state index contributed by atoms with van der Waals surface area (Å²) in [4.78, 5) is 21.9. The van der Waals surface area contributed by atoms with E-state index in [-0.39, 0.29) is 18.5 Å². The van der Waals surface area contributed by atoms with Gasteiger partial charge in [-0.25, -0.2) is 0 Å². The normalized spacial score (nSPS) is 12.9. The number of ether oxygens (including phenoxy) is 2. The van der Waals surface area contributed by atoms with Crippen LogP contribution in [0.3, 0.4) is 0 Å². The summed E-state index contributed by atoms with van der Waals surface area (Å²) in [6.45, 7) is 4.36. The molecule has 5 nitrogen and oxygen atoms in total. The molecule has 2 unspecified atom stereocenters. The molecule has 5 heteroatoms. The van der Waals surface area contributed by atoms with Gasteiger partial charge in [-0.1, -0.05) is 75.8 Å². The molecule has 1 aromatic carbocycles. The maximum atomic E-state index is 11.4. The molecule has 0 saturated heterocycles. The van der Waals surface area contributed by atoms with E-state index in [9.17, 15) is 9.59 Å². The van der Waals surface area contributed by atoms with Crippen molar-refractivity contribution in [1.82, 2.24) is 0 Å². The summed E-state index contributed by atoms with van der Waals surface area (Å²) in [7, 11) is 0. The van der Waals surface area contributed by atoms with Crippen molar-refractivity contribution in [2.75, 3.05) is 0 Å². The number of aliphatic carboxylic acids is 1. The largest absolute Gasteiger partial charge is 0.481 e. The number of carbonyl (C=O) groups is 2. The molecule has 32 heavy (non-hydrogen) atoms. The molecule has 0 aromatic heterocycles. The molecule has 0 aliphatic carbocycles. The first-order valence-electron chi connectivity index (χ1n) is 12.6. The van der Waals surface area contributed by atoms with Crippen LogP contribution in [0, 0.1) is 0 Å². The first-order valence-corrected chi connectivity index (χ1v) is 12.6. The highest BCUT2D eigenvalue weighted by atomic mass is 16.5. The van der Waals surface area contributed by atoms with E-state index in [1.54, 1.807) is 0 Å². The van der Waals surface area contributed by atoms with E-state index < -0.39 is 5.97 Å². The predicted molar refractivity (Wildman–Crippen MR) is 129 cm³/mol. The molecule has 0 aliphatic rings. The van der Waals surface area contributed by atoms with Gasteiger partial charge in [0.15, 0.2) is 0 Å². The van der Waals surface area contributed by atoms with Crippen molar-refractivity contribution in [3.05, 3.63) is 35.9 Å². The summed E-state index contributed by atoms with van der Waals surface area (Å²) in [6.07, 6.45) is 14.0. The molecular weight excluding hydrogens is 404 g/mol. The van der Waals surface area contributed by atoms with E-state index in [0.717, 1.165) is 64.2 Å². The Morgan fingerprint density at radius 2 is 1.34 bits per heavy atom. The number of hydrogen-bond acceptors (Lipinski definition) is 4. The van der Waals surface area contributed by atoms with Gasteiger partial charge >= 0.3 is 11.9 Å². The van der Waals surface area contributed by atoms with Crippen LogP contribution < -0.4 is 0 Å². The second-order valence-electron chi connectivity index (χ2n) is 8.75. The number of carbonyl (C=O) groups excluding carboxylic acids is 1. The Balaban J connectivity index is 2.09. The minimum Gasteiger partial charge on any atom is -0.481 e. The molecule has 0 heterocycles. The van der Waals surface area contributed by atoms with Crippen molar-refractivity contribution in [2.24, 2.45) is 0 Å². The lowest BCUT2D eigenvalue weighted by Gasteiger charge is -2.17. The van der Waals surface area contributed by atoms with Gasteiger partial charge in [-0.05, 0) is 50.5 Å². The highest BCUT2D eigenvalue weighted by Gasteiger charge is 2.12. The highest BCUT2D eigenvalue weighted by Crippen LogP contribution is 2.18. The highest BCUT2D eigenvalue weighted by molar-refractivity contribution is 5.66. The lowest BCUT2D eigenvalue weighted by atomic mass is 10.0. The molecule has 2 atom stereocenters. The fourth-order valence-corrected chi connectivity index (χ4v) is 3.97. The zero-order chi connectivity index (χ0) is 23.4. The predicted octanol–water partition coefficient (Wildman–Crippen LogP) is 7.07. The van der Waals surface area contributed by atoms with Crippen LogP contribution in [0.5, 0.6) is 0 Å². The average Bonchev–Trinajstić information content (AvgIpc) is 2.77. The van der Waals surface area contributed by atoms with Crippen molar-refractivity contribution in [3.8, 4) is 0 Å². The summed E-state index contributed by atoms with van der Waals surface area (Å²) in [5.41, 5.74) is 1.23. The Morgan fingerprint density at radius 1 is 0.812 bits per heavy atom. The minimum atomic E-state index is -0.729. The number of unbranched alkanes of at least 4 members (excludes halogenated alkanes) is 7. The first-order chi connectivity index (χ1) is 15.5. The van der Waals surface area contributed by atoms with Gasteiger partial charge in [0.05, 0.1) is 12.7 Å². The molecule has 0 aliphatic heterocycles. The van der Waals surface area contributed by atoms with Crippen LogP contribution in [0.25, 0.3) is 0 Å². The van der Waals surface area contributed by atoms with Gasteiger partial charge in [-0.3, -0.25) is 9.59 Å². The molecular formula is C27H44O5. The Kier molecular flexibility index (Phi) is 16.4. The second-order valence-corrected chi connectivity index (χ2v) is 8.75. The SMILES string of the molecule is CCC(CCCCCCCC(CCCCCCC(=O)O)OC(C)=O)OCc1ccccc1. The molecule has 0 fully saturated rings. The van der Waals surface area contributed by atoms with Crippen LogP contribution >= 0.6 is 0 Å². The van der Waals surface area contributed by atoms with Gasteiger partial charge in [0.1, 0.15) is 6.10 Å². The third kappa shape index (κ3) is 15.9. The average molecular weight is 449 g/mol. The van der Waals surface area contributed by atoms with Crippen molar-refractivity contribution in [2.45, 2.75) is 123 Å². The number of rotatable bonds is 20. The Hall–Kier alpha value is -1.88. The van der Waals surface area contributed by atoms with Crippen LogP contribution in [0.1, 0.15) is 109 Å². The van der Waals surface area contributed by atoms with Crippen molar-refractivity contribution in [3.63, 3.8) is 0 Å². The number of benzene rings is 1. The Bertz CT molecular complexity index is 601. The maximum Gasteiger partial charge on any atom is 0.303 e. The van der Waals surface area contributed by atoms with E-state index in [0.29, 0.717) is 12.7 Å². The molecule has 1 rings (SSSR count). The van der Waals surface area contributed by atoms with Crippen LogP contribution in [-0.4, -0.2) is 29.3 Å². The quantitative estimate of drug-likeness (QED) is 0.171. The van der Waals surface area contributed by atoms with Gasteiger partial charge in [-0.15, -0.1) is 0 Å². The number of carboxylic acids is 1. The second kappa shape index (κ2) is 18.7. The van der Waals surface area contributed by atoms with E-state index in [4.69, 9.17) is 14.6 Å². The van der Waals surface area contributed by atoms with Crippen molar-refractivity contribution >= 4 is 11.9 Å². The van der Waals surface area contributed by atoms with E-state index in [2.05, 4.69) is 19.1 Å². The maximum absolute atomic E-state index is 11.4. The Morgan fingerprint density at radius 3 is 1.88 bits per heavy atom. The fraction of sp³-hybridized carbons (Fsp3) is 0.704. The van der Waals surface area contributed by atoms with Crippen molar-refractivity contribution < 1.29 is 24.2 Å². The van der Waals surface area contributed by atoms with Gasteiger partial charge < -0.3 is 14.6 Å². The smallest absolute Gasteiger partial charge is 0.303 e. The Labute approximate surface area is 194 Å². The third-order valence-electron chi connectivity index (χ3n) is 5.84. The molecule has 0 radical (unpaired) electrons. The molecule has 0 saturated carbocycles. The molecule has 0 bridgehead atoms. The van der Waals surface area contributed by atoms with Crippen LogP contribution in [0.4, 0.5) is 0 Å². The summed E-state index contributed by atoms with van der Waals surface area (Å²) >= 11 is 0. The lowest BCUT2D eigenvalue weighted by molar-refractivity contribution is -0.147. The number of esters is 1. The molecule has 1 aromatic rings. The van der Waals surface area contributed by atoms with Crippen LogP contribution in [-0.2, 0) is 25.7 Å². The van der Waals surface area contributed by atoms with Gasteiger partial charge in [0.25, 0.3) is 0 Å². The number of carboxylic acid groups (broad SMARTS) is 1.